The molecule has 4 rings (SSSR count). The quantitative estimate of drug-likeness (QED) is 0.386. The van der Waals surface area contributed by atoms with Crippen molar-refractivity contribution in [3.63, 3.8) is 0 Å². The molecule has 0 radical (unpaired) electrons. The van der Waals surface area contributed by atoms with Crippen molar-refractivity contribution in [3.8, 4) is 11.3 Å². The van der Waals surface area contributed by atoms with Crippen LogP contribution in [-0.4, -0.2) is 28.6 Å². The molecule has 0 aliphatic heterocycles. The Labute approximate surface area is 160 Å². The van der Waals surface area contributed by atoms with Gasteiger partial charge in [-0.1, -0.05) is 54.1 Å². The van der Waals surface area contributed by atoms with E-state index in [1.807, 2.05) is 0 Å². The zero-order valence-electron chi connectivity index (χ0n) is 13.8. The van der Waals surface area contributed by atoms with Gasteiger partial charge < -0.3 is 0 Å². The minimum atomic E-state index is -3.94. The number of carbonyl (C=O) groups is 1. The van der Waals surface area contributed by atoms with E-state index in [1.165, 1.54) is 18.5 Å². The van der Waals surface area contributed by atoms with Crippen molar-refractivity contribution in [2.45, 2.75) is 4.90 Å². The van der Waals surface area contributed by atoms with Gasteiger partial charge in [-0.2, -0.15) is 0 Å². The first kappa shape index (κ1) is 17.4. The molecule has 6 nitrogen and oxygen atoms in total. The summed E-state index contributed by atoms with van der Waals surface area (Å²) in [7, 11) is -3.94. The summed E-state index contributed by atoms with van der Waals surface area (Å²) in [4.78, 5) is 19.1. The van der Waals surface area contributed by atoms with Gasteiger partial charge in [0.05, 0.1) is 16.0 Å². The molecular formula is C19H12ClN3O3S. The van der Waals surface area contributed by atoms with Crippen LogP contribution in [0.2, 0.25) is 5.15 Å². The molecule has 134 valence electrons. The number of halogens is 1. The summed E-state index contributed by atoms with van der Waals surface area (Å²) in [5.74, 6) is 0. The number of aldehydes is 1. The third-order valence-electron chi connectivity index (χ3n) is 4.13. The highest BCUT2D eigenvalue weighted by Gasteiger charge is 2.25. The largest absolute Gasteiger partial charge is 0.298 e. The second-order valence-corrected chi connectivity index (χ2v) is 7.90. The van der Waals surface area contributed by atoms with Crippen molar-refractivity contribution in [2.75, 3.05) is 0 Å². The lowest BCUT2D eigenvalue weighted by Gasteiger charge is -2.11. The van der Waals surface area contributed by atoms with E-state index in [9.17, 15) is 13.2 Å². The first-order chi connectivity index (χ1) is 13.0. The monoisotopic (exact) mass is 397 g/mol. The molecule has 0 atom stereocenters. The fraction of sp³-hybridized carbons (Fsp3) is 0. The molecule has 0 aliphatic carbocycles. The topological polar surface area (TPSA) is 81.9 Å². The van der Waals surface area contributed by atoms with Crippen LogP contribution in [0.1, 0.15) is 10.4 Å². The minimum Gasteiger partial charge on any atom is -0.298 e. The zero-order valence-corrected chi connectivity index (χ0v) is 15.4. The van der Waals surface area contributed by atoms with Gasteiger partial charge in [0.25, 0.3) is 10.0 Å². The van der Waals surface area contributed by atoms with Gasteiger partial charge in [0.1, 0.15) is 17.8 Å². The van der Waals surface area contributed by atoms with E-state index in [-0.39, 0.29) is 15.7 Å². The predicted molar refractivity (Wildman–Crippen MR) is 102 cm³/mol. The Hall–Kier alpha value is -3.03. The third-order valence-corrected chi connectivity index (χ3v) is 6.15. The van der Waals surface area contributed by atoms with E-state index in [0.29, 0.717) is 22.2 Å². The van der Waals surface area contributed by atoms with Crippen LogP contribution in [0, 0.1) is 0 Å². The fourth-order valence-corrected chi connectivity index (χ4v) is 4.52. The second kappa shape index (κ2) is 6.61. The summed E-state index contributed by atoms with van der Waals surface area (Å²) in [5, 5.41) is 0.584. The van der Waals surface area contributed by atoms with E-state index in [2.05, 4.69) is 9.97 Å². The number of fused-ring (bicyclic) bond motifs is 1. The van der Waals surface area contributed by atoms with Gasteiger partial charge in [-0.05, 0) is 23.8 Å². The van der Waals surface area contributed by atoms with Gasteiger partial charge in [0.2, 0.25) is 0 Å². The molecule has 0 saturated carbocycles. The van der Waals surface area contributed by atoms with Crippen LogP contribution in [0.5, 0.6) is 0 Å². The first-order valence-electron chi connectivity index (χ1n) is 7.90. The lowest BCUT2D eigenvalue weighted by molar-refractivity contribution is 0.112. The average molecular weight is 398 g/mol. The molecule has 2 aromatic heterocycles. The molecule has 0 aliphatic rings. The SMILES string of the molecule is O=Cc1ccc(-c2cc3c(Cl)ncnc3n2S(=O)(=O)c2ccccc2)cc1. The maximum atomic E-state index is 13.3. The summed E-state index contributed by atoms with van der Waals surface area (Å²) in [5.41, 5.74) is 1.67. The zero-order chi connectivity index (χ0) is 19.0. The van der Waals surface area contributed by atoms with Crippen LogP contribution in [0.25, 0.3) is 22.3 Å². The van der Waals surface area contributed by atoms with Crippen molar-refractivity contribution in [2.24, 2.45) is 0 Å². The number of benzene rings is 2. The van der Waals surface area contributed by atoms with Crippen LogP contribution in [-0.2, 0) is 10.0 Å². The molecule has 0 saturated heterocycles. The molecule has 8 heteroatoms. The molecule has 4 aromatic rings. The molecule has 0 fully saturated rings. The molecule has 0 spiro atoms. The van der Waals surface area contributed by atoms with Gasteiger partial charge >= 0.3 is 0 Å². The number of hydrogen-bond donors (Lipinski definition) is 0. The molecule has 27 heavy (non-hydrogen) atoms. The Morgan fingerprint density at radius 3 is 2.33 bits per heavy atom. The van der Waals surface area contributed by atoms with Crippen molar-refractivity contribution in [3.05, 3.63) is 77.7 Å². The van der Waals surface area contributed by atoms with Crippen molar-refractivity contribution >= 4 is 38.9 Å². The summed E-state index contributed by atoms with van der Waals surface area (Å²) < 4.78 is 27.8. The van der Waals surface area contributed by atoms with E-state index in [1.54, 1.807) is 48.5 Å². The predicted octanol–water partition coefficient (Wildman–Crippen LogP) is 3.80. The number of carbonyl (C=O) groups excluding carboxylic acids is 1. The number of nitrogens with zero attached hydrogens (tertiary/aromatic N) is 3. The van der Waals surface area contributed by atoms with Crippen molar-refractivity contribution in [1.29, 1.82) is 0 Å². The molecular weight excluding hydrogens is 386 g/mol. The molecule has 2 aromatic carbocycles. The van der Waals surface area contributed by atoms with Gasteiger partial charge in [-0.25, -0.2) is 22.4 Å². The Morgan fingerprint density at radius 2 is 1.67 bits per heavy atom. The Kier molecular flexibility index (Phi) is 4.25. The summed E-state index contributed by atoms with van der Waals surface area (Å²) in [6.07, 6.45) is 1.95. The fourth-order valence-electron chi connectivity index (χ4n) is 2.84. The van der Waals surface area contributed by atoms with Crippen LogP contribution < -0.4 is 0 Å². The number of hydrogen-bond acceptors (Lipinski definition) is 5. The number of aromatic nitrogens is 3. The smallest absolute Gasteiger partial charge is 0.269 e. The summed E-state index contributed by atoms with van der Waals surface area (Å²) in [6, 6.07) is 16.3. The van der Waals surface area contributed by atoms with Gasteiger partial charge in [0.15, 0.2) is 5.65 Å². The summed E-state index contributed by atoms with van der Waals surface area (Å²) >= 11 is 6.17. The van der Waals surface area contributed by atoms with Gasteiger partial charge in [-0.15, -0.1) is 0 Å². The van der Waals surface area contributed by atoms with Crippen molar-refractivity contribution < 1.29 is 13.2 Å². The van der Waals surface area contributed by atoms with Crippen molar-refractivity contribution in [1.82, 2.24) is 13.9 Å². The first-order valence-corrected chi connectivity index (χ1v) is 9.72. The van der Waals surface area contributed by atoms with E-state index >= 15 is 0 Å². The highest BCUT2D eigenvalue weighted by molar-refractivity contribution is 7.90. The van der Waals surface area contributed by atoms with Gasteiger partial charge in [0, 0.05) is 5.56 Å². The van der Waals surface area contributed by atoms with E-state index in [4.69, 9.17) is 11.6 Å². The Morgan fingerprint density at radius 1 is 0.963 bits per heavy atom. The average Bonchev–Trinajstić information content (AvgIpc) is 3.10. The van der Waals surface area contributed by atoms with Crippen LogP contribution in [0.3, 0.4) is 0 Å². The van der Waals surface area contributed by atoms with Crippen LogP contribution in [0.15, 0.2) is 71.9 Å². The van der Waals surface area contributed by atoms with Crippen LogP contribution >= 0.6 is 11.6 Å². The maximum Gasteiger partial charge on any atom is 0.269 e. The lowest BCUT2D eigenvalue weighted by Crippen LogP contribution is -2.14. The third kappa shape index (κ3) is 2.90. The second-order valence-electron chi connectivity index (χ2n) is 5.75. The number of rotatable bonds is 4. The van der Waals surface area contributed by atoms with Crippen LogP contribution in [0.4, 0.5) is 0 Å². The van der Waals surface area contributed by atoms with E-state index in [0.717, 1.165) is 10.3 Å². The standard InChI is InChI=1S/C19H12ClN3O3S/c20-18-16-10-17(14-8-6-13(11-24)7-9-14)23(19(16)22-12-21-18)27(25,26)15-4-2-1-3-5-15/h1-12H. The lowest BCUT2D eigenvalue weighted by atomic mass is 10.1. The Balaban J connectivity index is 2.06. The Bertz CT molecular complexity index is 1250. The molecule has 0 bridgehead atoms. The summed E-state index contributed by atoms with van der Waals surface area (Å²) in [6.45, 7) is 0. The highest BCUT2D eigenvalue weighted by Crippen LogP contribution is 2.33. The maximum absolute atomic E-state index is 13.3. The minimum absolute atomic E-state index is 0.128. The highest BCUT2D eigenvalue weighted by atomic mass is 35.5. The molecule has 0 unspecified atom stereocenters. The van der Waals surface area contributed by atoms with E-state index < -0.39 is 10.0 Å². The molecule has 0 amide bonds. The normalized spacial score (nSPS) is 11.6. The molecule has 0 N–H and O–H groups in total. The molecule has 2 heterocycles. The van der Waals surface area contributed by atoms with Gasteiger partial charge in [-0.3, -0.25) is 4.79 Å².